The topological polar surface area (TPSA) is 42.4 Å². The number of nitrogens with zero attached hydrogens (tertiary/aromatic N) is 1. The molecule has 1 aliphatic heterocycles. The quantitative estimate of drug-likeness (QED) is 0.850. The first-order valence-corrected chi connectivity index (χ1v) is 6.16. The van der Waals surface area contributed by atoms with E-state index >= 15 is 0 Å². The summed E-state index contributed by atoms with van der Waals surface area (Å²) in [4.78, 5) is 2.46. The highest BCUT2D eigenvalue weighted by Gasteiger charge is 2.25. The predicted octanol–water partition coefficient (Wildman–Crippen LogP) is 2.00. The van der Waals surface area contributed by atoms with Gasteiger partial charge in [-0.1, -0.05) is 6.92 Å². The van der Waals surface area contributed by atoms with Gasteiger partial charge in [0.05, 0.1) is 12.8 Å². The maximum Gasteiger partial charge on any atom is 0.120 e. The Morgan fingerprint density at radius 3 is 3.00 bits per heavy atom. The van der Waals surface area contributed by atoms with Gasteiger partial charge >= 0.3 is 0 Å². The molecule has 0 bridgehead atoms. The third-order valence-electron chi connectivity index (χ3n) is 3.84. The zero-order valence-electron chi connectivity index (χ0n) is 10.3. The molecule has 16 heavy (non-hydrogen) atoms. The van der Waals surface area contributed by atoms with Gasteiger partial charge in [-0.05, 0) is 49.9 Å². The van der Waals surface area contributed by atoms with Crippen LogP contribution in [0.25, 0.3) is 0 Å². The lowest BCUT2D eigenvalue weighted by molar-refractivity contribution is 0.118. The van der Waals surface area contributed by atoms with Gasteiger partial charge < -0.3 is 10.2 Å². The van der Waals surface area contributed by atoms with Crippen LogP contribution >= 0.6 is 0 Å². The summed E-state index contributed by atoms with van der Waals surface area (Å²) in [5.74, 6) is 2.51. The van der Waals surface area contributed by atoms with Crippen LogP contribution in [-0.2, 0) is 6.54 Å². The number of hydrogen-bond acceptors (Lipinski definition) is 3. The van der Waals surface area contributed by atoms with Crippen molar-refractivity contribution in [2.45, 2.75) is 26.8 Å². The summed E-state index contributed by atoms with van der Waals surface area (Å²) in [6, 6.07) is 2.03. The van der Waals surface area contributed by atoms with Gasteiger partial charge in [0.15, 0.2) is 0 Å². The zero-order valence-corrected chi connectivity index (χ0v) is 10.3. The Kier molecular flexibility index (Phi) is 3.66. The van der Waals surface area contributed by atoms with E-state index in [-0.39, 0.29) is 0 Å². The smallest absolute Gasteiger partial charge is 0.120 e. The Hall–Kier alpha value is -0.800. The third-order valence-corrected chi connectivity index (χ3v) is 3.84. The highest BCUT2D eigenvalue weighted by atomic mass is 16.3. The minimum absolute atomic E-state index is 0.643. The Bertz CT molecular complexity index is 334. The van der Waals surface area contributed by atoms with E-state index in [2.05, 4.69) is 18.7 Å². The van der Waals surface area contributed by atoms with Gasteiger partial charge in [-0.25, -0.2) is 0 Å². The van der Waals surface area contributed by atoms with E-state index < -0.39 is 0 Å². The van der Waals surface area contributed by atoms with Crippen molar-refractivity contribution in [3.8, 4) is 0 Å². The number of hydrogen-bond donors (Lipinski definition) is 1. The summed E-state index contributed by atoms with van der Waals surface area (Å²) in [6.07, 6.45) is 3.03. The molecule has 3 nitrogen and oxygen atoms in total. The molecule has 90 valence electrons. The Morgan fingerprint density at radius 1 is 1.56 bits per heavy atom. The van der Waals surface area contributed by atoms with Gasteiger partial charge in [0, 0.05) is 6.54 Å². The molecule has 1 fully saturated rings. The fraction of sp³-hybridized carbons (Fsp3) is 0.692. The normalized spacial score (nSPS) is 27.2. The van der Waals surface area contributed by atoms with Gasteiger partial charge in [0.2, 0.25) is 0 Å². The lowest BCUT2D eigenvalue weighted by Crippen LogP contribution is -2.42. The molecule has 1 aliphatic rings. The summed E-state index contributed by atoms with van der Waals surface area (Å²) in [6.45, 7) is 8.42. The molecule has 3 heteroatoms. The van der Waals surface area contributed by atoms with Gasteiger partial charge in [0.25, 0.3) is 0 Å². The molecule has 2 atom stereocenters. The number of nitrogens with two attached hydrogens (primary N) is 1. The number of aryl methyl sites for hydroxylation is 1. The van der Waals surface area contributed by atoms with Crippen molar-refractivity contribution in [3.05, 3.63) is 23.7 Å². The van der Waals surface area contributed by atoms with Crippen LogP contribution in [-0.4, -0.2) is 24.5 Å². The molecule has 0 aliphatic carbocycles. The molecule has 1 saturated heterocycles. The summed E-state index contributed by atoms with van der Waals surface area (Å²) in [5, 5.41) is 0. The summed E-state index contributed by atoms with van der Waals surface area (Å²) in [7, 11) is 0. The monoisotopic (exact) mass is 222 g/mol. The van der Waals surface area contributed by atoms with Crippen molar-refractivity contribution in [3.63, 3.8) is 0 Å². The molecular weight excluding hydrogens is 200 g/mol. The zero-order chi connectivity index (χ0) is 11.5. The Balaban J connectivity index is 1.94. The first kappa shape index (κ1) is 11.7. The van der Waals surface area contributed by atoms with Gasteiger partial charge in [-0.2, -0.15) is 0 Å². The van der Waals surface area contributed by atoms with Crippen molar-refractivity contribution >= 4 is 0 Å². The van der Waals surface area contributed by atoms with Crippen LogP contribution in [0, 0.1) is 18.8 Å². The average Bonchev–Trinajstić information content (AvgIpc) is 2.67. The first-order chi connectivity index (χ1) is 7.70. The maximum atomic E-state index is 5.81. The van der Waals surface area contributed by atoms with Crippen LogP contribution in [0.5, 0.6) is 0 Å². The summed E-state index contributed by atoms with van der Waals surface area (Å²) >= 11 is 0. The molecule has 2 heterocycles. The van der Waals surface area contributed by atoms with Crippen molar-refractivity contribution in [2.24, 2.45) is 17.6 Å². The second kappa shape index (κ2) is 5.02. The first-order valence-electron chi connectivity index (χ1n) is 6.16. The lowest BCUT2D eigenvalue weighted by atomic mass is 9.87. The van der Waals surface area contributed by atoms with Crippen LogP contribution in [0.1, 0.15) is 24.7 Å². The molecule has 1 aromatic heterocycles. The molecule has 2 N–H and O–H groups in total. The minimum atomic E-state index is 0.643. The molecule has 0 saturated carbocycles. The summed E-state index contributed by atoms with van der Waals surface area (Å²) < 4.78 is 5.49. The highest BCUT2D eigenvalue weighted by Crippen LogP contribution is 2.24. The fourth-order valence-electron chi connectivity index (χ4n) is 2.44. The van der Waals surface area contributed by atoms with Gasteiger partial charge in [-0.3, -0.25) is 4.90 Å². The second-order valence-corrected chi connectivity index (χ2v) is 5.02. The Labute approximate surface area is 97.6 Å². The predicted molar refractivity (Wildman–Crippen MR) is 65.0 cm³/mol. The van der Waals surface area contributed by atoms with Gasteiger partial charge in [-0.15, -0.1) is 0 Å². The Morgan fingerprint density at radius 2 is 2.38 bits per heavy atom. The standard InChI is InChI=1S/C13H22N2O/c1-10-3-5-15(8-12(10)7-14)9-13-11(2)4-6-16-13/h4,6,10,12H,3,5,7-9,14H2,1-2H3. The van der Waals surface area contributed by atoms with Crippen LogP contribution in [0.3, 0.4) is 0 Å². The van der Waals surface area contributed by atoms with Crippen LogP contribution < -0.4 is 5.73 Å². The van der Waals surface area contributed by atoms with E-state index in [0.717, 1.165) is 37.9 Å². The van der Waals surface area contributed by atoms with Crippen LogP contribution in [0.4, 0.5) is 0 Å². The third kappa shape index (κ3) is 2.47. The molecule has 2 rings (SSSR count). The van der Waals surface area contributed by atoms with Gasteiger partial charge in [0.1, 0.15) is 5.76 Å². The van der Waals surface area contributed by atoms with E-state index in [4.69, 9.17) is 10.2 Å². The average molecular weight is 222 g/mol. The molecule has 0 amide bonds. The lowest BCUT2D eigenvalue weighted by Gasteiger charge is -2.36. The van der Waals surface area contributed by atoms with E-state index in [1.54, 1.807) is 6.26 Å². The number of likely N-dealkylation sites (tertiary alicyclic amines) is 1. The number of rotatable bonds is 3. The minimum Gasteiger partial charge on any atom is -0.468 e. The molecule has 0 aromatic carbocycles. The van der Waals surface area contributed by atoms with E-state index in [1.807, 2.05) is 6.07 Å². The summed E-state index contributed by atoms with van der Waals surface area (Å²) in [5.41, 5.74) is 7.06. The van der Waals surface area contributed by atoms with Crippen molar-refractivity contribution < 1.29 is 4.42 Å². The van der Waals surface area contributed by atoms with Crippen LogP contribution in [0.15, 0.2) is 16.7 Å². The maximum absolute atomic E-state index is 5.81. The second-order valence-electron chi connectivity index (χ2n) is 5.02. The SMILES string of the molecule is Cc1ccoc1CN1CCC(C)C(CN)C1. The van der Waals surface area contributed by atoms with E-state index in [9.17, 15) is 0 Å². The van der Waals surface area contributed by atoms with Crippen molar-refractivity contribution in [1.82, 2.24) is 4.90 Å². The fourth-order valence-corrected chi connectivity index (χ4v) is 2.44. The molecule has 0 spiro atoms. The van der Waals surface area contributed by atoms with Crippen molar-refractivity contribution in [2.75, 3.05) is 19.6 Å². The van der Waals surface area contributed by atoms with E-state index in [0.29, 0.717) is 5.92 Å². The number of furan rings is 1. The largest absolute Gasteiger partial charge is 0.468 e. The molecule has 1 aromatic rings. The van der Waals surface area contributed by atoms with Crippen molar-refractivity contribution in [1.29, 1.82) is 0 Å². The molecule has 2 unspecified atom stereocenters. The van der Waals surface area contributed by atoms with E-state index in [1.165, 1.54) is 12.0 Å². The molecule has 0 radical (unpaired) electrons. The number of piperidine rings is 1. The molecular formula is C13H22N2O. The van der Waals surface area contributed by atoms with Crippen LogP contribution in [0.2, 0.25) is 0 Å². The highest BCUT2D eigenvalue weighted by molar-refractivity contribution is 5.14.